The second kappa shape index (κ2) is 6.60. The number of hydrogen-bond donors (Lipinski definition) is 3. The van der Waals surface area contributed by atoms with E-state index in [9.17, 15) is 13.2 Å². The summed E-state index contributed by atoms with van der Waals surface area (Å²) in [5, 5.41) is 23.5. The van der Waals surface area contributed by atoms with Crippen molar-refractivity contribution in [2.45, 2.75) is 12.6 Å². The highest BCUT2D eigenvalue weighted by atomic mass is 32.3. The van der Waals surface area contributed by atoms with Crippen molar-refractivity contribution in [3.8, 4) is 0 Å². The normalized spacial score (nSPS) is 19.3. The van der Waals surface area contributed by atoms with Crippen LogP contribution < -0.4 is 0 Å². The van der Waals surface area contributed by atoms with Crippen molar-refractivity contribution in [3.63, 3.8) is 0 Å². The maximum absolute atomic E-state index is 11.9. The topological polar surface area (TPSA) is 161 Å². The predicted octanol–water partition coefficient (Wildman–Crippen LogP) is -0.828. The van der Waals surface area contributed by atoms with E-state index in [4.69, 9.17) is 15.0 Å². The lowest BCUT2D eigenvalue weighted by Gasteiger charge is -2.21. The second-order valence-corrected chi connectivity index (χ2v) is 5.99. The van der Waals surface area contributed by atoms with E-state index in [2.05, 4.69) is 14.5 Å². The number of aryl methyl sites for hydroxylation is 1. The van der Waals surface area contributed by atoms with Crippen molar-refractivity contribution in [2.75, 3.05) is 13.6 Å². The Morgan fingerprint density at radius 1 is 1.54 bits per heavy atom. The van der Waals surface area contributed by atoms with Gasteiger partial charge in [0.15, 0.2) is 6.34 Å². The van der Waals surface area contributed by atoms with Gasteiger partial charge in [0, 0.05) is 19.7 Å². The number of amides is 2. The lowest BCUT2D eigenvalue weighted by molar-refractivity contribution is -0.0316. The van der Waals surface area contributed by atoms with E-state index in [1.54, 1.807) is 17.9 Å². The first-order valence-electron chi connectivity index (χ1n) is 6.49. The number of urea groups is 1. The number of nitrogens with zero attached hydrogens (tertiary/aromatic N) is 6. The fourth-order valence-electron chi connectivity index (χ4n) is 2.38. The highest BCUT2D eigenvalue weighted by Crippen LogP contribution is 2.37. The summed E-state index contributed by atoms with van der Waals surface area (Å²) in [5.41, 5.74) is 1.55. The SMILES string of the molecule is CN(O)/C=N\O.Cn1ncc2c1CN1CC2N(OS(=O)(=O)O)C1=O. The molecule has 3 N–H and O–H groups in total. The van der Waals surface area contributed by atoms with Crippen LogP contribution >= 0.6 is 0 Å². The third kappa shape index (κ3) is 3.73. The minimum atomic E-state index is -4.72. The molecule has 0 radical (unpaired) electrons. The molecular formula is C10H16N6O7S. The maximum atomic E-state index is 11.9. The Morgan fingerprint density at radius 3 is 2.71 bits per heavy atom. The molecule has 3 rings (SSSR count). The van der Waals surface area contributed by atoms with Crippen LogP contribution in [0.3, 0.4) is 0 Å². The molecule has 134 valence electrons. The van der Waals surface area contributed by atoms with E-state index in [0.29, 0.717) is 23.2 Å². The molecule has 1 aromatic heterocycles. The van der Waals surface area contributed by atoms with Gasteiger partial charge in [0.1, 0.15) is 6.04 Å². The van der Waals surface area contributed by atoms with Crippen LogP contribution in [0.4, 0.5) is 4.79 Å². The zero-order chi connectivity index (χ0) is 18.1. The van der Waals surface area contributed by atoms with E-state index in [0.717, 1.165) is 17.6 Å². The molecule has 0 saturated carbocycles. The van der Waals surface area contributed by atoms with Crippen LogP contribution in [0.15, 0.2) is 11.4 Å². The van der Waals surface area contributed by atoms with Crippen LogP contribution in [0.25, 0.3) is 0 Å². The smallest absolute Gasteiger partial charge is 0.410 e. The Labute approximate surface area is 136 Å². The molecule has 13 nitrogen and oxygen atoms in total. The molecule has 1 atom stereocenters. The third-order valence-electron chi connectivity index (χ3n) is 3.32. The summed E-state index contributed by atoms with van der Waals surface area (Å²) in [4.78, 5) is 13.3. The van der Waals surface area contributed by atoms with Crippen molar-refractivity contribution >= 4 is 22.8 Å². The van der Waals surface area contributed by atoms with Crippen LogP contribution in [0, 0.1) is 0 Å². The largest absolute Gasteiger partial charge is 0.418 e. The standard InChI is InChI=1S/C8H10N4O5S.C2H6N2O2/c1-10-6-3-11-4-7(5(6)2-9-10)12(8(11)13)17-18(14,15)16;1-4(6)2-3-5/h2,7H,3-4H2,1H3,(H,14,15,16);2,5-6H,1H3/b;3-2-. The zero-order valence-corrected chi connectivity index (χ0v) is 13.5. The van der Waals surface area contributed by atoms with Gasteiger partial charge in [-0.15, -0.1) is 4.28 Å². The molecular weight excluding hydrogens is 348 g/mol. The van der Waals surface area contributed by atoms with Gasteiger partial charge in [0.05, 0.1) is 25.0 Å². The summed E-state index contributed by atoms with van der Waals surface area (Å²) in [6, 6.07) is -1.16. The number of fused-ring (bicyclic) bond motifs is 4. The molecule has 1 saturated heterocycles. The highest BCUT2D eigenvalue weighted by Gasteiger charge is 2.47. The van der Waals surface area contributed by atoms with Gasteiger partial charge in [0.25, 0.3) is 0 Å². The Morgan fingerprint density at radius 2 is 2.21 bits per heavy atom. The fraction of sp³-hybridized carbons (Fsp3) is 0.500. The molecule has 14 heteroatoms. The average Bonchev–Trinajstić information content (AvgIpc) is 2.94. The number of rotatable bonds is 3. The van der Waals surface area contributed by atoms with Crippen LogP contribution in [0.5, 0.6) is 0 Å². The maximum Gasteiger partial charge on any atom is 0.418 e. The van der Waals surface area contributed by atoms with Crippen LogP contribution in [0.1, 0.15) is 17.3 Å². The predicted molar refractivity (Wildman–Crippen MR) is 76.1 cm³/mol. The number of carbonyl (C=O) groups excluding carboxylic acids is 1. The monoisotopic (exact) mass is 364 g/mol. The Balaban J connectivity index is 0.000000301. The van der Waals surface area contributed by atoms with E-state index in [1.165, 1.54) is 11.9 Å². The quantitative estimate of drug-likeness (QED) is 0.204. The van der Waals surface area contributed by atoms with Crippen molar-refractivity contribution < 1.29 is 32.5 Å². The lowest BCUT2D eigenvalue weighted by Crippen LogP contribution is -2.32. The first-order chi connectivity index (χ1) is 11.1. The summed E-state index contributed by atoms with van der Waals surface area (Å²) in [5.74, 6) is 0. The van der Waals surface area contributed by atoms with Gasteiger partial charge >= 0.3 is 16.4 Å². The van der Waals surface area contributed by atoms with Crippen molar-refractivity contribution in [2.24, 2.45) is 12.2 Å². The molecule has 0 aromatic carbocycles. The van der Waals surface area contributed by atoms with Gasteiger partial charge in [-0.1, -0.05) is 5.16 Å². The van der Waals surface area contributed by atoms with E-state index in [1.807, 2.05) is 0 Å². The molecule has 1 aromatic rings. The van der Waals surface area contributed by atoms with Crippen LogP contribution in [0.2, 0.25) is 0 Å². The molecule has 1 fully saturated rings. The number of hydroxylamine groups is 4. The molecule has 0 spiro atoms. The minimum Gasteiger partial charge on any atom is -0.410 e. The molecule has 2 aliphatic heterocycles. The Hall–Kier alpha value is -2.42. The van der Waals surface area contributed by atoms with Crippen molar-refractivity contribution in [1.82, 2.24) is 24.8 Å². The van der Waals surface area contributed by atoms with Gasteiger partial charge in [-0.2, -0.15) is 18.6 Å². The van der Waals surface area contributed by atoms with Crippen molar-refractivity contribution in [3.05, 3.63) is 17.5 Å². The summed E-state index contributed by atoms with van der Waals surface area (Å²) < 4.78 is 36.1. The van der Waals surface area contributed by atoms with Crippen LogP contribution in [-0.2, 0) is 28.3 Å². The molecule has 3 heterocycles. The minimum absolute atomic E-state index is 0.313. The summed E-state index contributed by atoms with van der Waals surface area (Å²) in [7, 11) is -1.65. The van der Waals surface area contributed by atoms with Gasteiger partial charge in [-0.25, -0.2) is 9.86 Å². The molecule has 2 aliphatic rings. The first-order valence-corrected chi connectivity index (χ1v) is 7.85. The van der Waals surface area contributed by atoms with Crippen molar-refractivity contribution in [1.29, 1.82) is 0 Å². The molecule has 2 amide bonds. The number of aromatic nitrogens is 2. The Bertz CT molecular complexity index is 745. The summed E-state index contributed by atoms with van der Waals surface area (Å²) in [6.07, 6.45) is 2.43. The van der Waals surface area contributed by atoms with Crippen LogP contribution in [-0.4, -0.2) is 74.2 Å². The zero-order valence-electron chi connectivity index (χ0n) is 12.7. The van der Waals surface area contributed by atoms with Gasteiger partial charge < -0.3 is 10.1 Å². The first kappa shape index (κ1) is 17.9. The second-order valence-electron chi connectivity index (χ2n) is 4.98. The van der Waals surface area contributed by atoms with Gasteiger partial charge in [-0.05, 0) is 0 Å². The molecule has 1 unspecified atom stereocenters. The van der Waals surface area contributed by atoms with E-state index < -0.39 is 22.5 Å². The van der Waals surface area contributed by atoms with Gasteiger partial charge in [-0.3, -0.25) is 14.4 Å². The molecule has 0 aliphatic carbocycles. The number of hydrogen-bond acceptors (Lipinski definition) is 8. The number of carbonyl (C=O) groups is 1. The summed E-state index contributed by atoms with van der Waals surface area (Å²) in [6.45, 7) is 0.652. The van der Waals surface area contributed by atoms with Gasteiger partial charge in [0.2, 0.25) is 0 Å². The van der Waals surface area contributed by atoms with E-state index in [-0.39, 0.29) is 0 Å². The lowest BCUT2D eigenvalue weighted by atomic mass is 10.1. The highest BCUT2D eigenvalue weighted by molar-refractivity contribution is 7.80. The Kier molecular flexibility index (Phi) is 4.93. The molecule has 2 bridgehead atoms. The van der Waals surface area contributed by atoms with E-state index >= 15 is 0 Å². The third-order valence-corrected chi connectivity index (χ3v) is 3.67. The average molecular weight is 364 g/mol. The molecule has 24 heavy (non-hydrogen) atoms. The fourth-order valence-corrected chi connectivity index (χ4v) is 2.75. The summed E-state index contributed by atoms with van der Waals surface area (Å²) >= 11 is 0. The number of oxime groups is 1.